The number of fused-ring (bicyclic) bond motifs is 1. The Morgan fingerprint density at radius 1 is 1.06 bits per heavy atom. The minimum atomic E-state index is 0.570. The quantitative estimate of drug-likeness (QED) is 0.701. The molecule has 1 heterocycles. The monoisotopic (exact) mass is 223 g/mol. The van der Waals surface area contributed by atoms with Gasteiger partial charge in [0, 0.05) is 6.54 Å². The van der Waals surface area contributed by atoms with E-state index >= 15 is 0 Å². The minimum Gasteiger partial charge on any atom is -0.345 e. The average molecular weight is 223 g/mol. The molecule has 0 amide bonds. The Morgan fingerprint density at radius 2 is 1.94 bits per heavy atom. The summed E-state index contributed by atoms with van der Waals surface area (Å²) in [7, 11) is 0. The van der Waals surface area contributed by atoms with Crippen molar-refractivity contribution in [2.24, 2.45) is 5.73 Å². The van der Waals surface area contributed by atoms with Crippen molar-refractivity contribution < 1.29 is 0 Å². The van der Waals surface area contributed by atoms with Gasteiger partial charge in [0.15, 0.2) is 0 Å². The van der Waals surface area contributed by atoms with Crippen LogP contribution in [0.2, 0.25) is 0 Å². The Bertz CT molecular complexity index is 655. The number of H-pyrrole nitrogens is 1. The van der Waals surface area contributed by atoms with E-state index in [1.807, 2.05) is 18.2 Å². The van der Waals surface area contributed by atoms with Crippen LogP contribution in [0, 0.1) is 0 Å². The van der Waals surface area contributed by atoms with E-state index in [0.717, 1.165) is 16.6 Å². The average Bonchev–Trinajstić information content (AvgIpc) is 2.86. The second kappa shape index (κ2) is 4.03. The first-order chi connectivity index (χ1) is 8.36. The number of nitrogens with two attached hydrogens (primary N) is 1. The van der Waals surface area contributed by atoms with E-state index in [-0.39, 0.29) is 0 Å². The molecule has 0 saturated carbocycles. The van der Waals surface area contributed by atoms with E-state index in [0.29, 0.717) is 6.54 Å². The largest absolute Gasteiger partial charge is 0.345 e. The third-order valence-corrected chi connectivity index (χ3v) is 2.92. The van der Waals surface area contributed by atoms with E-state index < -0.39 is 0 Å². The van der Waals surface area contributed by atoms with Gasteiger partial charge in [-0.1, -0.05) is 24.3 Å². The number of nitrogens with one attached hydrogen (secondary N) is 1. The summed E-state index contributed by atoms with van der Waals surface area (Å²) in [5.74, 6) is 0. The summed E-state index contributed by atoms with van der Waals surface area (Å²) in [5, 5.41) is 0. The van der Waals surface area contributed by atoms with Crippen molar-refractivity contribution in [3.05, 3.63) is 54.4 Å². The van der Waals surface area contributed by atoms with Crippen LogP contribution in [0.25, 0.3) is 22.2 Å². The normalized spacial score (nSPS) is 10.9. The lowest BCUT2D eigenvalue weighted by Gasteiger charge is -2.04. The van der Waals surface area contributed by atoms with Crippen molar-refractivity contribution in [3.63, 3.8) is 0 Å². The fraction of sp³-hybridized carbons (Fsp3) is 0.0714. The summed E-state index contributed by atoms with van der Waals surface area (Å²) in [6.07, 6.45) is 1.71. The van der Waals surface area contributed by atoms with Gasteiger partial charge >= 0.3 is 0 Å². The van der Waals surface area contributed by atoms with E-state index in [1.54, 1.807) is 6.33 Å². The predicted octanol–water partition coefficient (Wildman–Crippen LogP) is 2.69. The maximum Gasteiger partial charge on any atom is 0.0931 e. The summed E-state index contributed by atoms with van der Waals surface area (Å²) in [6.45, 7) is 0.570. The van der Waals surface area contributed by atoms with Gasteiger partial charge in [-0.25, -0.2) is 4.98 Å². The van der Waals surface area contributed by atoms with Gasteiger partial charge in [0.25, 0.3) is 0 Å². The Morgan fingerprint density at radius 3 is 2.82 bits per heavy atom. The molecule has 3 rings (SSSR count). The molecule has 0 aliphatic heterocycles. The van der Waals surface area contributed by atoms with Gasteiger partial charge < -0.3 is 10.7 Å². The highest BCUT2D eigenvalue weighted by molar-refractivity contribution is 5.81. The molecule has 0 radical (unpaired) electrons. The zero-order chi connectivity index (χ0) is 11.7. The van der Waals surface area contributed by atoms with Gasteiger partial charge in [-0.3, -0.25) is 0 Å². The van der Waals surface area contributed by atoms with Crippen LogP contribution in [0.5, 0.6) is 0 Å². The number of rotatable bonds is 2. The highest BCUT2D eigenvalue weighted by Gasteiger charge is 2.01. The van der Waals surface area contributed by atoms with E-state index in [2.05, 4.69) is 34.2 Å². The SMILES string of the molecule is NCc1cccc(-c2ccc3nc[nH]c3c2)c1. The van der Waals surface area contributed by atoms with Crippen molar-refractivity contribution in [2.45, 2.75) is 6.54 Å². The van der Waals surface area contributed by atoms with Crippen molar-refractivity contribution >= 4 is 11.0 Å². The molecule has 0 atom stereocenters. The standard InChI is InChI=1S/C14H13N3/c15-8-10-2-1-3-11(6-10)12-4-5-13-14(7-12)17-9-16-13/h1-7,9H,8,15H2,(H,16,17). The first kappa shape index (κ1) is 10.1. The van der Waals surface area contributed by atoms with Crippen molar-refractivity contribution in [1.82, 2.24) is 9.97 Å². The van der Waals surface area contributed by atoms with Crippen LogP contribution in [0.4, 0.5) is 0 Å². The summed E-state index contributed by atoms with van der Waals surface area (Å²) in [5.41, 5.74) is 11.2. The topological polar surface area (TPSA) is 54.7 Å². The number of nitrogens with zero attached hydrogens (tertiary/aromatic N) is 1. The maximum absolute atomic E-state index is 5.65. The van der Waals surface area contributed by atoms with Crippen LogP contribution >= 0.6 is 0 Å². The molecule has 3 heteroatoms. The minimum absolute atomic E-state index is 0.570. The maximum atomic E-state index is 5.65. The Labute approximate surface area is 99.3 Å². The molecule has 3 aromatic rings. The molecule has 2 aromatic carbocycles. The Balaban J connectivity index is 2.12. The van der Waals surface area contributed by atoms with Crippen LogP contribution in [0.15, 0.2) is 48.8 Å². The highest BCUT2D eigenvalue weighted by Crippen LogP contribution is 2.23. The summed E-state index contributed by atoms with van der Waals surface area (Å²) < 4.78 is 0. The van der Waals surface area contributed by atoms with Crippen LogP contribution in [0.3, 0.4) is 0 Å². The summed E-state index contributed by atoms with van der Waals surface area (Å²) >= 11 is 0. The van der Waals surface area contributed by atoms with Crippen LogP contribution < -0.4 is 5.73 Å². The number of aromatic nitrogens is 2. The highest BCUT2D eigenvalue weighted by atomic mass is 14.9. The van der Waals surface area contributed by atoms with Crippen molar-refractivity contribution in [2.75, 3.05) is 0 Å². The molecule has 0 spiro atoms. The molecule has 84 valence electrons. The fourth-order valence-electron chi connectivity index (χ4n) is 1.99. The Kier molecular flexibility index (Phi) is 2.38. The number of imidazole rings is 1. The van der Waals surface area contributed by atoms with Crippen molar-refractivity contribution in [3.8, 4) is 11.1 Å². The van der Waals surface area contributed by atoms with Gasteiger partial charge in [-0.15, -0.1) is 0 Å². The Hall–Kier alpha value is -2.13. The smallest absolute Gasteiger partial charge is 0.0931 e. The van der Waals surface area contributed by atoms with Crippen LogP contribution in [0.1, 0.15) is 5.56 Å². The molecule has 0 aliphatic carbocycles. The van der Waals surface area contributed by atoms with Gasteiger partial charge in [0.2, 0.25) is 0 Å². The molecule has 0 unspecified atom stereocenters. The number of hydrogen-bond donors (Lipinski definition) is 2. The molecular weight excluding hydrogens is 210 g/mol. The lowest BCUT2D eigenvalue weighted by Crippen LogP contribution is -1.95. The molecule has 1 aromatic heterocycles. The predicted molar refractivity (Wildman–Crippen MR) is 69.4 cm³/mol. The number of aromatic amines is 1. The molecule has 0 aliphatic rings. The second-order valence-electron chi connectivity index (χ2n) is 4.04. The molecule has 0 bridgehead atoms. The van der Waals surface area contributed by atoms with E-state index in [9.17, 15) is 0 Å². The van der Waals surface area contributed by atoms with Crippen LogP contribution in [-0.2, 0) is 6.54 Å². The first-order valence-corrected chi connectivity index (χ1v) is 5.59. The lowest BCUT2D eigenvalue weighted by molar-refractivity contribution is 1.07. The second-order valence-corrected chi connectivity index (χ2v) is 4.04. The van der Waals surface area contributed by atoms with Gasteiger partial charge in [0.05, 0.1) is 17.4 Å². The van der Waals surface area contributed by atoms with Gasteiger partial charge in [-0.2, -0.15) is 0 Å². The molecule has 3 nitrogen and oxygen atoms in total. The summed E-state index contributed by atoms with van der Waals surface area (Å²) in [6, 6.07) is 14.5. The molecule has 0 saturated heterocycles. The molecule has 0 fully saturated rings. The van der Waals surface area contributed by atoms with E-state index in [4.69, 9.17) is 5.73 Å². The molecule has 17 heavy (non-hydrogen) atoms. The lowest BCUT2D eigenvalue weighted by atomic mass is 10.0. The molecular formula is C14H13N3. The summed E-state index contributed by atoms with van der Waals surface area (Å²) in [4.78, 5) is 7.33. The third-order valence-electron chi connectivity index (χ3n) is 2.92. The number of hydrogen-bond acceptors (Lipinski definition) is 2. The fourth-order valence-corrected chi connectivity index (χ4v) is 1.99. The van der Waals surface area contributed by atoms with Gasteiger partial charge in [-0.05, 0) is 34.9 Å². The van der Waals surface area contributed by atoms with E-state index in [1.165, 1.54) is 11.1 Å². The van der Waals surface area contributed by atoms with Gasteiger partial charge in [0.1, 0.15) is 0 Å². The first-order valence-electron chi connectivity index (χ1n) is 5.59. The zero-order valence-corrected chi connectivity index (χ0v) is 9.35. The zero-order valence-electron chi connectivity index (χ0n) is 9.35. The third kappa shape index (κ3) is 1.81. The van der Waals surface area contributed by atoms with Crippen LogP contribution in [-0.4, -0.2) is 9.97 Å². The number of benzene rings is 2. The van der Waals surface area contributed by atoms with Crippen molar-refractivity contribution in [1.29, 1.82) is 0 Å². The molecule has 3 N–H and O–H groups in total.